The number of hydrogen-bond donors (Lipinski definition) is 1. The van der Waals surface area contributed by atoms with Crippen LogP contribution in [0, 0.1) is 5.41 Å². The van der Waals surface area contributed by atoms with Gasteiger partial charge in [0.15, 0.2) is 0 Å². The molecular formula is C14H21NO2S. The van der Waals surface area contributed by atoms with Crippen molar-refractivity contribution in [2.24, 2.45) is 11.1 Å². The maximum absolute atomic E-state index is 11.9. The number of carbonyl (C=O) groups excluding carboxylic acids is 1. The maximum atomic E-state index is 11.9. The Balaban J connectivity index is 1.85. The Morgan fingerprint density at radius 2 is 2.17 bits per heavy atom. The van der Waals surface area contributed by atoms with E-state index in [0.717, 1.165) is 30.6 Å². The lowest BCUT2D eigenvalue weighted by molar-refractivity contribution is -0.153. The smallest absolute Gasteiger partial charge is 0.328 e. The van der Waals surface area contributed by atoms with E-state index in [4.69, 9.17) is 10.5 Å². The molecule has 2 N–H and O–H groups in total. The Kier molecular flexibility index (Phi) is 4.07. The molecule has 1 aliphatic carbocycles. The summed E-state index contributed by atoms with van der Waals surface area (Å²) >= 11 is 1.50. The standard InChI is InChI=1S/C14H21NO2S/c1-14(2)7-5-10(6-8-14)17-13(16)12(15)11-4-3-9-18-11/h3-4,9-10,12H,5-8,15H2,1-2H3. The van der Waals surface area contributed by atoms with E-state index in [1.807, 2.05) is 17.5 Å². The van der Waals surface area contributed by atoms with Crippen molar-refractivity contribution >= 4 is 17.3 Å². The number of hydrogen-bond acceptors (Lipinski definition) is 4. The molecule has 1 aromatic heterocycles. The van der Waals surface area contributed by atoms with E-state index in [2.05, 4.69) is 13.8 Å². The van der Waals surface area contributed by atoms with Crippen molar-refractivity contribution in [3.8, 4) is 0 Å². The highest BCUT2D eigenvalue weighted by atomic mass is 32.1. The molecule has 0 bridgehead atoms. The van der Waals surface area contributed by atoms with Crippen LogP contribution in [0.3, 0.4) is 0 Å². The van der Waals surface area contributed by atoms with E-state index >= 15 is 0 Å². The lowest BCUT2D eigenvalue weighted by Gasteiger charge is -2.34. The number of esters is 1. The second-order valence-corrected chi connectivity index (χ2v) is 6.77. The van der Waals surface area contributed by atoms with E-state index < -0.39 is 6.04 Å². The number of rotatable bonds is 3. The van der Waals surface area contributed by atoms with E-state index in [0.29, 0.717) is 5.41 Å². The Hall–Kier alpha value is -0.870. The van der Waals surface area contributed by atoms with Crippen molar-refractivity contribution in [2.45, 2.75) is 51.7 Å². The highest BCUT2D eigenvalue weighted by molar-refractivity contribution is 7.10. The molecule has 0 aliphatic heterocycles. The quantitative estimate of drug-likeness (QED) is 0.855. The average molecular weight is 267 g/mol. The first-order valence-electron chi connectivity index (χ1n) is 6.47. The average Bonchev–Trinajstić information content (AvgIpc) is 2.84. The third-order valence-electron chi connectivity index (χ3n) is 3.67. The molecule has 1 fully saturated rings. The van der Waals surface area contributed by atoms with Crippen LogP contribution < -0.4 is 5.73 Å². The van der Waals surface area contributed by atoms with Gasteiger partial charge in [-0.15, -0.1) is 11.3 Å². The van der Waals surface area contributed by atoms with E-state index in [9.17, 15) is 4.79 Å². The fraction of sp³-hybridized carbons (Fsp3) is 0.643. The minimum absolute atomic E-state index is 0.0523. The van der Waals surface area contributed by atoms with Crippen LogP contribution in [0.25, 0.3) is 0 Å². The summed E-state index contributed by atoms with van der Waals surface area (Å²) in [7, 11) is 0. The summed E-state index contributed by atoms with van der Waals surface area (Å²) in [5.41, 5.74) is 6.28. The van der Waals surface area contributed by atoms with Crippen molar-refractivity contribution in [1.82, 2.24) is 0 Å². The topological polar surface area (TPSA) is 52.3 Å². The molecule has 0 amide bonds. The molecule has 1 heterocycles. The minimum atomic E-state index is -0.625. The summed E-state index contributed by atoms with van der Waals surface area (Å²) in [5.74, 6) is -0.290. The van der Waals surface area contributed by atoms with Gasteiger partial charge in [-0.3, -0.25) is 0 Å². The van der Waals surface area contributed by atoms with Crippen LogP contribution in [0.5, 0.6) is 0 Å². The molecule has 0 aromatic carbocycles. The second-order valence-electron chi connectivity index (χ2n) is 5.79. The number of thiophene rings is 1. The molecule has 100 valence electrons. The summed E-state index contributed by atoms with van der Waals surface area (Å²) in [6, 6.07) is 3.15. The zero-order chi connectivity index (χ0) is 13.2. The number of carbonyl (C=O) groups is 1. The summed E-state index contributed by atoms with van der Waals surface area (Å²) in [6.45, 7) is 4.53. The van der Waals surface area contributed by atoms with Gasteiger partial charge in [0.05, 0.1) is 0 Å². The summed E-state index contributed by atoms with van der Waals surface area (Å²) < 4.78 is 5.51. The molecule has 1 atom stereocenters. The monoisotopic (exact) mass is 267 g/mol. The molecule has 1 saturated carbocycles. The van der Waals surface area contributed by atoms with Crippen LogP contribution in [0.15, 0.2) is 17.5 Å². The summed E-state index contributed by atoms with van der Waals surface area (Å²) in [6.07, 6.45) is 4.18. The molecule has 0 saturated heterocycles. The predicted molar refractivity (Wildman–Crippen MR) is 73.4 cm³/mol. The van der Waals surface area contributed by atoms with E-state index in [1.54, 1.807) is 0 Å². The van der Waals surface area contributed by atoms with Gasteiger partial charge in [0.1, 0.15) is 12.1 Å². The fourth-order valence-electron chi connectivity index (χ4n) is 2.31. The molecule has 1 aliphatic rings. The Labute approximate surface area is 112 Å². The van der Waals surface area contributed by atoms with Crippen LogP contribution in [0.1, 0.15) is 50.4 Å². The zero-order valence-electron chi connectivity index (χ0n) is 11.0. The van der Waals surface area contributed by atoms with E-state index in [1.165, 1.54) is 11.3 Å². The van der Waals surface area contributed by atoms with Crippen LogP contribution in [0.4, 0.5) is 0 Å². The lowest BCUT2D eigenvalue weighted by atomic mass is 9.76. The molecule has 3 nitrogen and oxygen atoms in total. The Morgan fingerprint density at radius 3 is 2.72 bits per heavy atom. The van der Waals surface area contributed by atoms with Gasteiger partial charge in [0.2, 0.25) is 0 Å². The van der Waals surface area contributed by atoms with Crippen LogP contribution in [-0.4, -0.2) is 12.1 Å². The van der Waals surface area contributed by atoms with Gasteiger partial charge in [-0.25, -0.2) is 4.79 Å². The lowest BCUT2D eigenvalue weighted by Crippen LogP contribution is -2.32. The van der Waals surface area contributed by atoms with Gasteiger partial charge in [0, 0.05) is 4.88 Å². The number of ether oxygens (including phenoxy) is 1. The third kappa shape index (κ3) is 3.33. The first-order chi connectivity index (χ1) is 8.48. The molecule has 2 rings (SSSR count). The summed E-state index contributed by atoms with van der Waals surface area (Å²) in [5, 5.41) is 1.92. The first kappa shape index (κ1) is 13.6. The molecule has 18 heavy (non-hydrogen) atoms. The van der Waals surface area contributed by atoms with Gasteiger partial charge in [0.25, 0.3) is 0 Å². The highest BCUT2D eigenvalue weighted by Crippen LogP contribution is 2.36. The third-order valence-corrected chi connectivity index (χ3v) is 4.63. The molecule has 1 unspecified atom stereocenters. The second kappa shape index (κ2) is 5.41. The molecule has 1 aromatic rings. The molecule has 4 heteroatoms. The van der Waals surface area contributed by atoms with Crippen molar-refractivity contribution < 1.29 is 9.53 Å². The first-order valence-corrected chi connectivity index (χ1v) is 7.35. The Morgan fingerprint density at radius 1 is 1.50 bits per heavy atom. The van der Waals surface area contributed by atoms with Gasteiger partial charge >= 0.3 is 5.97 Å². The number of nitrogens with two attached hydrogens (primary N) is 1. The van der Waals surface area contributed by atoms with E-state index in [-0.39, 0.29) is 12.1 Å². The summed E-state index contributed by atoms with van der Waals surface area (Å²) in [4.78, 5) is 12.8. The fourth-order valence-corrected chi connectivity index (χ4v) is 3.03. The van der Waals surface area contributed by atoms with Crippen molar-refractivity contribution in [2.75, 3.05) is 0 Å². The molecule has 0 radical (unpaired) electrons. The van der Waals surface area contributed by atoms with Crippen LogP contribution in [0.2, 0.25) is 0 Å². The largest absolute Gasteiger partial charge is 0.461 e. The van der Waals surface area contributed by atoms with Gasteiger partial charge in [-0.1, -0.05) is 19.9 Å². The minimum Gasteiger partial charge on any atom is -0.461 e. The highest BCUT2D eigenvalue weighted by Gasteiger charge is 2.30. The van der Waals surface area contributed by atoms with Crippen LogP contribution in [-0.2, 0) is 9.53 Å². The van der Waals surface area contributed by atoms with Crippen molar-refractivity contribution in [3.63, 3.8) is 0 Å². The van der Waals surface area contributed by atoms with Gasteiger partial charge in [-0.05, 0) is 42.5 Å². The Bertz CT molecular complexity index is 390. The van der Waals surface area contributed by atoms with Crippen molar-refractivity contribution in [3.05, 3.63) is 22.4 Å². The molecule has 0 spiro atoms. The van der Waals surface area contributed by atoms with Crippen LogP contribution >= 0.6 is 11.3 Å². The molecular weight excluding hydrogens is 246 g/mol. The zero-order valence-corrected chi connectivity index (χ0v) is 11.8. The van der Waals surface area contributed by atoms with Crippen molar-refractivity contribution in [1.29, 1.82) is 0 Å². The maximum Gasteiger partial charge on any atom is 0.328 e. The SMILES string of the molecule is CC1(C)CCC(OC(=O)C(N)c2cccs2)CC1. The predicted octanol–water partition coefficient (Wildman–Crippen LogP) is 3.26. The van der Waals surface area contributed by atoms with Gasteiger partial charge in [-0.2, -0.15) is 0 Å². The normalized spacial score (nSPS) is 21.5. The van der Waals surface area contributed by atoms with Gasteiger partial charge < -0.3 is 10.5 Å².